The Kier molecular flexibility index (Phi) is 6.68. The fourth-order valence-corrected chi connectivity index (χ4v) is 2.55. The van der Waals surface area contributed by atoms with Gasteiger partial charge in [0.25, 0.3) is 5.69 Å². The second-order valence-corrected chi connectivity index (χ2v) is 5.73. The average Bonchev–Trinajstić information content (AvgIpc) is 2.61. The largest absolute Gasteiger partial charge is 0.491 e. The third kappa shape index (κ3) is 5.03. The van der Waals surface area contributed by atoms with E-state index in [1.807, 2.05) is 0 Å². The molecule has 0 aliphatic carbocycles. The quantitative estimate of drug-likeness (QED) is 0.384. The van der Waals surface area contributed by atoms with Crippen LogP contribution in [0.25, 0.3) is 0 Å². The molecule has 0 radical (unpaired) electrons. The Hall–Kier alpha value is -3.01. The third-order valence-corrected chi connectivity index (χ3v) is 3.74. The van der Waals surface area contributed by atoms with Gasteiger partial charge in [-0.15, -0.1) is 0 Å². The molecule has 2 rings (SSSR count). The molecule has 0 saturated carbocycles. The number of nitrogens with zero attached hydrogens (tertiary/aromatic N) is 2. The van der Waals surface area contributed by atoms with E-state index >= 15 is 0 Å². The van der Waals surface area contributed by atoms with Gasteiger partial charge in [-0.05, 0) is 36.8 Å². The van der Waals surface area contributed by atoms with Crippen molar-refractivity contribution in [1.82, 2.24) is 0 Å². The summed E-state index contributed by atoms with van der Waals surface area (Å²) in [6, 6.07) is 5.21. The molecule has 2 aromatic rings. The maximum atomic E-state index is 12.7. The number of hydrazone groups is 1. The summed E-state index contributed by atoms with van der Waals surface area (Å²) in [5.41, 5.74) is 0.771. The lowest BCUT2D eigenvalue weighted by Gasteiger charge is -2.11. The van der Waals surface area contributed by atoms with Crippen molar-refractivity contribution in [1.29, 1.82) is 0 Å². The van der Waals surface area contributed by atoms with Crippen LogP contribution in [0.15, 0.2) is 35.4 Å². The highest BCUT2D eigenvalue weighted by molar-refractivity contribution is 6.32. The first-order valence-electron chi connectivity index (χ1n) is 7.82. The summed E-state index contributed by atoms with van der Waals surface area (Å²) in [5, 5.41) is 15.2. The maximum Gasteiger partial charge on any atom is 0.416 e. The molecular formula is C17H15ClF3N3O4. The number of nitrogens with one attached hydrogen (secondary N) is 1. The van der Waals surface area contributed by atoms with E-state index in [0.29, 0.717) is 29.7 Å². The first kappa shape index (κ1) is 21.3. The molecule has 7 nitrogen and oxygen atoms in total. The predicted molar refractivity (Wildman–Crippen MR) is 98.5 cm³/mol. The Bertz CT molecular complexity index is 904. The highest BCUT2D eigenvalue weighted by Gasteiger charge is 2.33. The lowest BCUT2D eigenvalue weighted by molar-refractivity contribution is -0.384. The minimum Gasteiger partial charge on any atom is -0.491 e. The number of halogens is 4. The summed E-state index contributed by atoms with van der Waals surface area (Å²) in [5.74, 6) is 0.714. The van der Waals surface area contributed by atoms with Crippen LogP contribution in [0.4, 0.5) is 24.5 Å². The number of nitro groups is 1. The average molecular weight is 418 g/mol. The van der Waals surface area contributed by atoms with Gasteiger partial charge < -0.3 is 9.47 Å². The van der Waals surface area contributed by atoms with Gasteiger partial charge in [0.15, 0.2) is 11.5 Å². The molecule has 0 unspecified atom stereocenters. The van der Waals surface area contributed by atoms with Gasteiger partial charge in [0.2, 0.25) is 0 Å². The van der Waals surface area contributed by atoms with Crippen LogP contribution in [-0.4, -0.2) is 24.9 Å². The number of hydrogen-bond donors (Lipinski definition) is 1. The molecule has 0 saturated heterocycles. The molecule has 0 spiro atoms. The molecule has 0 aliphatic heterocycles. The van der Waals surface area contributed by atoms with E-state index in [-0.39, 0.29) is 10.7 Å². The van der Waals surface area contributed by atoms with Crippen LogP contribution < -0.4 is 14.9 Å². The summed E-state index contributed by atoms with van der Waals surface area (Å²) in [6.07, 6.45) is -3.41. The van der Waals surface area contributed by atoms with Gasteiger partial charge in [0.1, 0.15) is 5.69 Å². The van der Waals surface area contributed by atoms with Crippen molar-refractivity contribution in [2.24, 2.45) is 5.10 Å². The normalized spacial score (nSPS) is 11.5. The van der Waals surface area contributed by atoms with Crippen molar-refractivity contribution >= 4 is 29.2 Å². The van der Waals surface area contributed by atoms with Crippen LogP contribution in [0, 0.1) is 10.1 Å². The van der Waals surface area contributed by atoms with Crippen molar-refractivity contribution < 1.29 is 27.6 Å². The number of methoxy groups -OCH3 is 1. The number of alkyl halides is 3. The van der Waals surface area contributed by atoms with Crippen LogP contribution in [0.5, 0.6) is 11.5 Å². The Labute approximate surface area is 162 Å². The van der Waals surface area contributed by atoms with Crippen LogP contribution in [0.2, 0.25) is 5.02 Å². The molecule has 0 fully saturated rings. The fourth-order valence-electron chi connectivity index (χ4n) is 2.25. The molecule has 0 aliphatic rings. The molecular weight excluding hydrogens is 403 g/mol. The zero-order valence-corrected chi connectivity index (χ0v) is 15.5. The Morgan fingerprint density at radius 2 is 2.04 bits per heavy atom. The van der Waals surface area contributed by atoms with E-state index in [0.717, 1.165) is 12.1 Å². The number of hydrogen-bond acceptors (Lipinski definition) is 6. The number of anilines is 1. The summed E-state index contributed by atoms with van der Waals surface area (Å²) < 4.78 is 48.8. The van der Waals surface area contributed by atoms with E-state index < -0.39 is 22.4 Å². The van der Waals surface area contributed by atoms with Gasteiger partial charge in [-0.25, -0.2) is 0 Å². The summed E-state index contributed by atoms with van der Waals surface area (Å²) in [6.45, 7) is 2.14. The second kappa shape index (κ2) is 8.79. The molecule has 1 N–H and O–H groups in total. The van der Waals surface area contributed by atoms with Gasteiger partial charge >= 0.3 is 6.18 Å². The van der Waals surface area contributed by atoms with Crippen LogP contribution in [-0.2, 0) is 6.18 Å². The molecule has 0 heterocycles. The first-order valence-corrected chi connectivity index (χ1v) is 8.20. The van der Waals surface area contributed by atoms with Crippen molar-refractivity contribution in [3.8, 4) is 11.5 Å². The van der Waals surface area contributed by atoms with Crippen molar-refractivity contribution in [2.75, 3.05) is 19.1 Å². The predicted octanol–water partition coefficient (Wildman–Crippen LogP) is 5.12. The van der Waals surface area contributed by atoms with Crippen LogP contribution in [0.3, 0.4) is 0 Å². The third-order valence-electron chi connectivity index (χ3n) is 3.46. The second-order valence-electron chi connectivity index (χ2n) is 5.32. The molecule has 0 atom stereocenters. The van der Waals surface area contributed by atoms with Gasteiger partial charge in [-0.3, -0.25) is 15.5 Å². The maximum absolute atomic E-state index is 12.7. The van der Waals surface area contributed by atoms with Gasteiger partial charge in [-0.2, -0.15) is 18.3 Å². The van der Waals surface area contributed by atoms with E-state index in [9.17, 15) is 23.3 Å². The SMILES string of the molecule is CCOc1cc(/C=N\Nc2ccc(C(F)(F)F)cc2[N+](=O)[O-])cc(Cl)c1OC. The Balaban J connectivity index is 2.28. The fraction of sp³-hybridized carbons (Fsp3) is 0.235. The summed E-state index contributed by atoms with van der Waals surface area (Å²) in [4.78, 5) is 10.1. The van der Waals surface area contributed by atoms with Gasteiger partial charge in [-0.1, -0.05) is 11.6 Å². The Morgan fingerprint density at radius 1 is 1.32 bits per heavy atom. The Morgan fingerprint density at radius 3 is 2.61 bits per heavy atom. The van der Waals surface area contributed by atoms with Gasteiger partial charge in [0, 0.05) is 6.07 Å². The van der Waals surface area contributed by atoms with Gasteiger partial charge in [0.05, 0.1) is 35.4 Å². The highest BCUT2D eigenvalue weighted by atomic mass is 35.5. The zero-order chi connectivity index (χ0) is 20.9. The number of benzene rings is 2. The van der Waals surface area contributed by atoms with E-state index in [2.05, 4.69) is 10.5 Å². The van der Waals surface area contributed by atoms with Crippen molar-refractivity contribution in [2.45, 2.75) is 13.1 Å². The number of nitro benzene ring substituents is 1. The molecule has 0 bridgehead atoms. The highest BCUT2D eigenvalue weighted by Crippen LogP contribution is 2.36. The smallest absolute Gasteiger partial charge is 0.416 e. The lowest BCUT2D eigenvalue weighted by atomic mass is 10.1. The molecule has 0 amide bonds. The van der Waals surface area contributed by atoms with Crippen molar-refractivity contribution in [3.05, 3.63) is 56.6 Å². The minimum absolute atomic E-state index is 0.195. The monoisotopic (exact) mass is 417 g/mol. The molecule has 2 aromatic carbocycles. The zero-order valence-electron chi connectivity index (χ0n) is 14.7. The van der Waals surface area contributed by atoms with Crippen molar-refractivity contribution in [3.63, 3.8) is 0 Å². The summed E-state index contributed by atoms with van der Waals surface area (Å²) in [7, 11) is 1.43. The molecule has 11 heteroatoms. The number of rotatable bonds is 7. The standard InChI is InChI=1S/C17H15ClF3N3O4/c1-3-28-15-7-10(6-12(18)16(15)27-2)9-22-23-13-5-4-11(17(19,20)21)8-14(13)24(25)26/h4-9,23H,3H2,1-2H3/b22-9-. The molecule has 0 aromatic heterocycles. The molecule has 28 heavy (non-hydrogen) atoms. The van der Waals surface area contributed by atoms with Crippen LogP contribution in [0.1, 0.15) is 18.1 Å². The first-order chi connectivity index (χ1) is 13.2. The minimum atomic E-state index is -4.69. The van der Waals surface area contributed by atoms with E-state index in [4.69, 9.17) is 21.1 Å². The van der Waals surface area contributed by atoms with E-state index in [1.165, 1.54) is 19.4 Å². The van der Waals surface area contributed by atoms with E-state index in [1.54, 1.807) is 13.0 Å². The van der Waals surface area contributed by atoms with Crippen LogP contribution >= 0.6 is 11.6 Å². The lowest BCUT2D eigenvalue weighted by Crippen LogP contribution is -2.06. The number of ether oxygens (including phenoxy) is 2. The topological polar surface area (TPSA) is 86.0 Å². The molecule has 150 valence electrons. The summed E-state index contributed by atoms with van der Waals surface area (Å²) >= 11 is 6.11.